The Morgan fingerprint density at radius 3 is 2.47 bits per heavy atom. The lowest BCUT2D eigenvalue weighted by atomic mass is 9.99. The fourth-order valence-electron chi connectivity index (χ4n) is 1.94. The Labute approximate surface area is 109 Å². The SMILES string of the molecule is CCOC(=O)C(=C(F)F)c1cccc2ccccc12. The van der Waals surface area contributed by atoms with Crippen molar-refractivity contribution in [2.24, 2.45) is 0 Å². The molecule has 0 saturated heterocycles. The molecule has 0 aliphatic heterocycles. The van der Waals surface area contributed by atoms with E-state index in [0.717, 1.165) is 5.39 Å². The van der Waals surface area contributed by atoms with Gasteiger partial charge in [0.1, 0.15) is 5.57 Å². The number of halogens is 2. The Morgan fingerprint density at radius 2 is 1.79 bits per heavy atom. The van der Waals surface area contributed by atoms with E-state index in [1.807, 2.05) is 6.07 Å². The van der Waals surface area contributed by atoms with Crippen molar-refractivity contribution in [1.29, 1.82) is 0 Å². The summed E-state index contributed by atoms with van der Waals surface area (Å²) in [5.74, 6) is -1.00. The molecule has 2 rings (SSSR count). The molecule has 0 unspecified atom stereocenters. The van der Waals surface area contributed by atoms with Crippen molar-refractivity contribution in [3.63, 3.8) is 0 Å². The number of hydrogen-bond acceptors (Lipinski definition) is 2. The third kappa shape index (κ3) is 2.62. The first-order chi connectivity index (χ1) is 9.15. The van der Waals surface area contributed by atoms with Crippen molar-refractivity contribution in [3.8, 4) is 0 Å². The molecule has 2 nitrogen and oxygen atoms in total. The summed E-state index contributed by atoms with van der Waals surface area (Å²) in [5, 5.41) is 1.39. The van der Waals surface area contributed by atoms with Gasteiger partial charge in [-0.25, -0.2) is 4.79 Å². The minimum atomic E-state index is -2.03. The van der Waals surface area contributed by atoms with Gasteiger partial charge in [-0.3, -0.25) is 0 Å². The zero-order valence-corrected chi connectivity index (χ0v) is 10.3. The molecule has 0 atom stereocenters. The molecule has 0 aliphatic rings. The van der Waals surface area contributed by atoms with Crippen molar-refractivity contribution in [3.05, 3.63) is 54.1 Å². The van der Waals surface area contributed by atoms with Gasteiger partial charge < -0.3 is 4.74 Å². The molecule has 98 valence electrons. The van der Waals surface area contributed by atoms with Crippen molar-refractivity contribution >= 4 is 22.3 Å². The van der Waals surface area contributed by atoms with Gasteiger partial charge in [-0.1, -0.05) is 42.5 Å². The number of ether oxygens (including phenoxy) is 1. The molecule has 0 bridgehead atoms. The lowest BCUT2D eigenvalue weighted by Gasteiger charge is -2.09. The van der Waals surface area contributed by atoms with Crippen LogP contribution in [0.25, 0.3) is 16.3 Å². The van der Waals surface area contributed by atoms with E-state index in [9.17, 15) is 13.6 Å². The summed E-state index contributed by atoms with van der Waals surface area (Å²) in [4.78, 5) is 11.7. The number of carbonyl (C=O) groups is 1. The summed E-state index contributed by atoms with van der Waals surface area (Å²) in [6.07, 6.45) is -2.03. The van der Waals surface area contributed by atoms with Crippen LogP contribution in [0.1, 0.15) is 12.5 Å². The van der Waals surface area contributed by atoms with Gasteiger partial charge >= 0.3 is 5.97 Å². The van der Waals surface area contributed by atoms with Crippen molar-refractivity contribution in [2.75, 3.05) is 6.61 Å². The van der Waals surface area contributed by atoms with E-state index in [2.05, 4.69) is 0 Å². The standard InChI is InChI=1S/C15H12F2O2/c1-2-19-15(18)13(14(16)17)12-9-5-7-10-6-3-4-8-11(10)12/h3-9H,2H2,1H3. The number of benzene rings is 2. The van der Waals surface area contributed by atoms with E-state index >= 15 is 0 Å². The van der Waals surface area contributed by atoms with Gasteiger partial charge in [-0.05, 0) is 17.7 Å². The largest absolute Gasteiger partial charge is 0.462 e. The third-order valence-electron chi connectivity index (χ3n) is 2.73. The molecule has 0 radical (unpaired) electrons. The molecule has 0 N–H and O–H groups in total. The van der Waals surface area contributed by atoms with Gasteiger partial charge in [-0.2, -0.15) is 8.78 Å². The van der Waals surface area contributed by atoms with Crippen LogP contribution >= 0.6 is 0 Å². The quantitative estimate of drug-likeness (QED) is 0.617. The molecule has 2 aromatic rings. The second-order valence-corrected chi connectivity index (χ2v) is 3.88. The Hall–Kier alpha value is -2.23. The maximum absolute atomic E-state index is 13.1. The van der Waals surface area contributed by atoms with Gasteiger partial charge in [0.25, 0.3) is 6.08 Å². The minimum absolute atomic E-state index is 0.0559. The Morgan fingerprint density at radius 1 is 1.11 bits per heavy atom. The zero-order valence-electron chi connectivity index (χ0n) is 10.3. The monoisotopic (exact) mass is 262 g/mol. The first-order valence-corrected chi connectivity index (χ1v) is 5.85. The predicted molar refractivity (Wildman–Crippen MR) is 69.7 cm³/mol. The summed E-state index contributed by atoms with van der Waals surface area (Å²) in [6, 6.07) is 12.0. The van der Waals surface area contributed by atoms with Crippen molar-refractivity contribution < 1.29 is 18.3 Å². The topological polar surface area (TPSA) is 26.3 Å². The van der Waals surface area contributed by atoms with Crippen LogP contribution in [0.5, 0.6) is 0 Å². The van der Waals surface area contributed by atoms with Crippen LogP contribution in [0.2, 0.25) is 0 Å². The summed E-state index contributed by atoms with van der Waals surface area (Å²) in [7, 11) is 0. The minimum Gasteiger partial charge on any atom is -0.462 e. The number of hydrogen-bond donors (Lipinski definition) is 0. The van der Waals surface area contributed by atoms with Gasteiger partial charge in [-0.15, -0.1) is 0 Å². The Balaban J connectivity index is 2.65. The molecule has 0 spiro atoms. The zero-order chi connectivity index (χ0) is 13.8. The molecule has 4 heteroatoms. The third-order valence-corrected chi connectivity index (χ3v) is 2.73. The maximum atomic E-state index is 13.1. The second kappa shape index (κ2) is 5.61. The number of carbonyl (C=O) groups excluding carboxylic acids is 1. The van der Waals surface area contributed by atoms with Gasteiger partial charge in [0.2, 0.25) is 0 Å². The molecule has 19 heavy (non-hydrogen) atoms. The van der Waals surface area contributed by atoms with Crippen LogP contribution in [0.4, 0.5) is 8.78 Å². The van der Waals surface area contributed by atoms with Crippen LogP contribution in [0.15, 0.2) is 48.5 Å². The normalized spacial score (nSPS) is 10.3. The molecule has 0 aromatic heterocycles. The van der Waals surface area contributed by atoms with E-state index in [4.69, 9.17) is 4.74 Å². The number of esters is 1. The molecular formula is C15H12F2O2. The van der Waals surface area contributed by atoms with E-state index in [0.29, 0.717) is 5.39 Å². The fourth-order valence-corrected chi connectivity index (χ4v) is 1.94. The smallest absolute Gasteiger partial charge is 0.344 e. The van der Waals surface area contributed by atoms with Crippen molar-refractivity contribution in [1.82, 2.24) is 0 Å². The molecule has 0 amide bonds. The Bertz CT molecular complexity index is 638. The van der Waals surface area contributed by atoms with Crippen LogP contribution in [0, 0.1) is 0 Å². The van der Waals surface area contributed by atoms with E-state index in [1.165, 1.54) is 6.07 Å². The summed E-state index contributed by atoms with van der Waals surface area (Å²) in [6.45, 7) is 1.63. The lowest BCUT2D eigenvalue weighted by Crippen LogP contribution is -2.08. The van der Waals surface area contributed by atoms with Crippen LogP contribution in [0.3, 0.4) is 0 Å². The highest BCUT2D eigenvalue weighted by Crippen LogP contribution is 2.29. The van der Waals surface area contributed by atoms with Gasteiger partial charge in [0, 0.05) is 5.56 Å². The Kier molecular flexibility index (Phi) is 3.90. The van der Waals surface area contributed by atoms with Crippen LogP contribution < -0.4 is 0 Å². The molecular weight excluding hydrogens is 250 g/mol. The summed E-state index contributed by atoms with van der Waals surface area (Å²) >= 11 is 0. The van der Waals surface area contributed by atoms with Crippen molar-refractivity contribution in [2.45, 2.75) is 6.92 Å². The molecule has 0 heterocycles. The number of rotatable bonds is 3. The first-order valence-electron chi connectivity index (χ1n) is 5.85. The van der Waals surface area contributed by atoms with Crippen LogP contribution in [-0.2, 0) is 9.53 Å². The summed E-state index contributed by atoms with van der Waals surface area (Å²) < 4.78 is 30.8. The predicted octanol–water partition coefficient (Wildman–Crippen LogP) is 4.01. The maximum Gasteiger partial charge on any atom is 0.344 e. The first kappa shape index (κ1) is 13.2. The molecule has 2 aromatic carbocycles. The highest BCUT2D eigenvalue weighted by Gasteiger charge is 2.21. The highest BCUT2D eigenvalue weighted by atomic mass is 19.3. The van der Waals surface area contributed by atoms with E-state index < -0.39 is 17.6 Å². The molecule has 0 aliphatic carbocycles. The lowest BCUT2D eigenvalue weighted by molar-refractivity contribution is -0.136. The van der Waals surface area contributed by atoms with E-state index in [-0.39, 0.29) is 12.2 Å². The summed E-state index contributed by atoms with van der Waals surface area (Å²) in [5.41, 5.74) is -0.477. The number of fused-ring (bicyclic) bond motifs is 1. The molecule has 0 saturated carbocycles. The fraction of sp³-hybridized carbons (Fsp3) is 0.133. The van der Waals surface area contributed by atoms with E-state index in [1.54, 1.807) is 37.3 Å². The second-order valence-electron chi connectivity index (χ2n) is 3.88. The van der Waals surface area contributed by atoms with Gasteiger partial charge in [0.05, 0.1) is 6.61 Å². The van der Waals surface area contributed by atoms with Gasteiger partial charge in [0.15, 0.2) is 0 Å². The van der Waals surface area contributed by atoms with Crippen LogP contribution in [-0.4, -0.2) is 12.6 Å². The molecule has 0 fully saturated rings. The highest BCUT2D eigenvalue weighted by molar-refractivity contribution is 6.20. The average Bonchev–Trinajstić information content (AvgIpc) is 2.39. The average molecular weight is 262 g/mol.